The number of ether oxygens (including phenoxy) is 1. The quantitative estimate of drug-likeness (QED) is 0.865. The Kier molecular flexibility index (Phi) is 3.79. The van der Waals surface area contributed by atoms with Crippen molar-refractivity contribution in [3.63, 3.8) is 0 Å². The fourth-order valence-electron chi connectivity index (χ4n) is 1.62. The van der Waals surface area contributed by atoms with Crippen molar-refractivity contribution in [2.24, 2.45) is 7.05 Å². The molecule has 0 aliphatic rings. The second-order valence-electron chi connectivity index (χ2n) is 4.02. The molecule has 1 aromatic carbocycles. The van der Waals surface area contributed by atoms with E-state index in [2.05, 4.69) is 15.2 Å². The minimum absolute atomic E-state index is 0.00506. The summed E-state index contributed by atoms with van der Waals surface area (Å²) in [6.07, 6.45) is 1.48. The van der Waals surface area contributed by atoms with E-state index >= 15 is 0 Å². The van der Waals surface area contributed by atoms with Gasteiger partial charge in [0.25, 0.3) is 5.91 Å². The number of hydrogen-bond donors (Lipinski definition) is 1. The molecule has 0 fully saturated rings. The van der Waals surface area contributed by atoms with Gasteiger partial charge in [0.15, 0.2) is 5.69 Å². The van der Waals surface area contributed by atoms with Crippen LogP contribution >= 0.6 is 0 Å². The van der Waals surface area contributed by atoms with Gasteiger partial charge >= 0.3 is 5.97 Å². The van der Waals surface area contributed by atoms with E-state index in [4.69, 9.17) is 0 Å². The summed E-state index contributed by atoms with van der Waals surface area (Å²) in [6, 6.07) is 5.05. The second kappa shape index (κ2) is 5.52. The number of nitrogens with one attached hydrogen (secondary N) is 1. The third kappa shape index (κ3) is 2.82. The number of halogens is 1. The maximum Gasteiger partial charge on any atom is 0.360 e. The predicted molar refractivity (Wildman–Crippen MR) is 68.9 cm³/mol. The molecule has 0 aliphatic heterocycles. The lowest BCUT2D eigenvalue weighted by atomic mass is 10.2. The minimum Gasteiger partial charge on any atom is -0.464 e. The van der Waals surface area contributed by atoms with Crippen LogP contribution in [0.3, 0.4) is 0 Å². The number of carbonyl (C=O) groups is 2. The summed E-state index contributed by atoms with van der Waals surface area (Å²) in [5.41, 5.74) is 0.505. The lowest BCUT2D eigenvalue weighted by Gasteiger charge is -2.04. The Morgan fingerprint density at radius 2 is 1.95 bits per heavy atom. The summed E-state index contributed by atoms with van der Waals surface area (Å²) < 4.78 is 18.7. The lowest BCUT2D eigenvalue weighted by Crippen LogP contribution is -2.14. The van der Waals surface area contributed by atoms with E-state index in [9.17, 15) is 14.0 Å². The molecule has 6 nitrogen and oxygen atoms in total. The normalized spacial score (nSPS) is 10.2. The third-order valence-electron chi connectivity index (χ3n) is 2.56. The zero-order valence-corrected chi connectivity index (χ0v) is 10.9. The number of rotatable bonds is 3. The van der Waals surface area contributed by atoms with Crippen molar-refractivity contribution < 1.29 is 18.7 Å². The SMILES string of the molecule is COC(=O)c1nn(C)cc1NC(=O)c1ccc(F)cc1. The highest BCUT2D eigenvalue weighted by molar-refractivity contribution is 6.07. The van der Waals surface area contributed by atoms with Crippen LogP contribution in [0.5, 0.6) is 0 Å². The number of anilines is 1. The van der Waals surface area contributed by atoms with E-state index in [0.29, 0.717) is 0 Å². The number of methoxy groups -OCH3 is 1. The van der Waals surface area contributed by atoms with E-state index in [1.807, 2.05) is 0 Å². The van der Waals surface area contributed by atoms with E-state index in [-0.39, 0.29) is 16.9 Å². The van der Waals surface area contributed by atoms with Crippen LogP contribution in [0.15, 0.2) is 30.5 Å². The Hall–Kier alpha value is -2.70. The number of nitrogens with zero attached hydrogens (tertiary/aromatic N) is 2. The number of benzene rings is 1. The highest BCUT2D eigenvalue weighted by Crippen LogP contribution is 2.15. The molecule has 0 saturated heterocycles. The summed E-state index contributed by atoms with van der Waals surface area (Å²) in [6.45, 7) is 0. The summed E-state index contributed by atoms with van der Waals surface area (Å²) in [5.74, 6) is -1.55. The van der Waals surface area contributed by atoms with Gasteiger partial charge in [-0.1, -0.05) is 0 Å². The molecule has 2 aromatic rings. The van der Waals surface area contributed by atoms with Crippen molar-refractivity contribution >= 4 is 17.6 Å². The summed E-state index contributed by atoms with van der Waals surface area (Å²) in [5, 5.41) is 6.45. The molecular weight excluding hydrogens is 265 g/mol. The van der Waals surface area contributed by atoms with Crippen LogP contribution in [0.2, 0.25) is 0 Å². The number of hydrogen-bond acceptors (Lipinski definition) is 4. The van der Waals surface area contributed by atoms with Crippen LogP contribution in [0.1, 0.15) is 20.8 Å². The van der Waals surface area contributed by atoms with Crippen molar-refractivity contribution in [1.29, 1.82) is 0 Å². The van der Waals surface area contributed by atoms with Gasteiger partial charge in [-0.15, -0.1) is 0 Å². The van der Waals surface area contributed by atoms with Gasteiger partial charge in [0, 0.05) is 18.8 Å². The monoisotopic (exact) mass is 277 g/mol. The van der Waals surface area contributed by atoms with Crippen molar-refractivity contribution in [3.8, 4) is 0 Å². The smallest absolute Gasteiger partial charge is 0.360 e. The molecule has 1 aromatic heterocycles. The Labute approximate surface area is 114 Å². The van der Waals surface area contributed by atoms with Crippen molar-refractivity contribution in [1.82, 2.24) is 9.78 Å². The Morgan fingerprint density at radius 3 is 2.55 bits per heavy atom. The number of aromatic nitrogens is 2. The average molecular weight is 277 g/mol. The van der Waals surface area contributed by atoms with E-state index in [1.54, 1.807) is 7.05 Å². The van der Waals surface area contributed by atoms with Crippen LogP contribution in [-0.2, 0) is 11.8 Å². The molecule has 0 saturated carbocycles. The van der Waals surface area contributed by atoms with Gasteiger partial charge in [-0.3, -0.25) is 9.48 Å². The Morgan fingerprint density at radius 1 is 1.30 bits per heavy atom. The molecule has 20 heavy (non-hydrogen) atoms. The maximum absolute atomic E-state index is 12.8. The van der Waals surface area contributed by atoms with Crippen LogP contribution < -0.4 is 5.32 Å². The molecule has 0 radical (unpaired) electrons. The number of carbonyl (C=O) groups excluding carboxylic acids is 2. The van der Waals surface area contributed by atoms with Gasteiger partial charge in [0.05, 0.1) is 12.8 Å². The Bertz CT molecular complexity index is 649. The van der Waals surface area contributed by atoms with Crippen LogP contribution in [-0.4, -0.2) is 28.8 Å². The topological polar surface area (TPSA) is 73.2 Å². The van der Waals surface area contributed by atoms with Crippen molar-refractivity contribution in [3.05, 3.63) is 47.5 Å². The molecule has 7 heteroatoms. The summed E-state index contributed by atoms with van der Waals surface area (Å²) >= 11 is 0. The van der Waals surface area contributed by atoms with Gasteiger partial charge in [0.2, 0.25) is 0 Å². The maximum atomic E-state index is 12.8. The summed E-state index contributed by atoms with van der Waals surface area (Å²) in [4.78, 5) is 23.5. The van der Waals surface area contributed by atoms with E-state index in [0.717, 1.165) is 0 Å². The molecule has 1 N–H and O–H groups in total. The first-order valence-electron chi connectivity index (χ1n) is 5.70. The molecule has 0 unspecified atom stereocenters. The van der Waals surface area contributed by atoms with Gasteiger partial charge < -0.3 is 10.1 Å². The fourth-order valence-corrected chi connectivity index (χ4v) is 1.62. The number of amides is 1. The molecule has 0 aliphatic carbocycles. The number of aryl methyl sites for hydroxylation is 1. The Balaban J connectivity index is 2.23. The first-order chi connectivity index (χ1) is 9.51. The van der Waals surface area contributed by atoms with Crippen LogP contribution in [0.4, 0.5) is 10.1 Å². The first kappa shape index (κ1) is 13.7. The highest BCUT2D eigenvalue weighted by Gasteiger charge is 2.18. The zero-order chi connectivity index (χ0) is 14.7. The van der Waals surface area contributed by atoms with Gasteiger partial charge in [0.1, 0.15) is 5.82 Å². The zero-order valence-electron chi connectivity index (χ0n) is 10.9. The van der Waals surface area contributed by atoms with Crippen LogP contribution in [0, 0.1) is 5.82 Å². The number of esters is 1. The molecule has 0 atom stereocenters. The third-order valence-corrected chi connectivity index (χ3v) is 2.56. The highest BCUT2D eigenvalue weighted by atomic mass is 19.1. The molecule has 0 spiro atoms. The standard InChI is InChI=1S/C13H12FN3O3/c1-17-7-10(11(16-17)13(19)20-2)15-12(18)8-3-5-9(14)6-4-8/h3-7H,1-2H3,(H,15,18). The van der Waals surface area contributed by atoms with Crippen LogP contribution in [0.25, 0.3) is 0 Å². The largest absolute Gasteiger partial charge is 0.464 e. The van der Waals surface area contributed by atoms with Gasteiger partial charge in [-0.05, 0) is 24.3 Å². The lowest BCUT2D eigenvalue weighted by molar-refractivity contribution is 0.0594. The fraction of sp³-hybridized carbons (Fsp3) is 0.154. The molecular formula is C13H12FN3O3. The molecule has 104 valence electrons. The molecule has 0 bridgehead atoms. The molecule has 1 heterocycles. The van der Waals surface area contributed by atoms with Crippen molar-refractivity contribution in [2.75, 3.05) is 12.4 Å². The second-order valence-corrected chi connectivity index (χ2v) is 4.02. The summed E-state index contributed by atoms with van der Waals surface area (Å²) in [7, 11) is 2.84. The van der Waals surface area contributed by atoms with Gasteiger partial charge in [-0.2, -0.15) is 5.10 Å². The molecule has 2 rings (SSSR count). The van der Waals surface area contributed by atoms with E-state index in [1.165, 1.54) is 42.3 Å². The van der Waals surface area contributed by atoms with Gasteiger partial charge in [-0.25, -0.2) is 9.18 Å². The average Bonchev–Trinajstić information content (AvgIpc) is 2.79. The first-order valence-corrected chi connectivity index (χ1v) is 5.70. The molecule has 1 amide bonds. The minimum atomic E-state index is -0.653. The predicted octanol–water partition coefficient (Wildman–Crippen LogP) is 1.60. The van der Waals surface area contributed by atoms with Crippen molar-refractivity contribution in [2.45, 2.75) is 0 Å². The van der Waals surface area contributed by atoms with E-state index < -0.39 is 17.7 Å².